The Hall–Kier alpha value is -2.75. The van der Waals surface area contributed by atoms with E-state index in [1.807, 2.05) is 14.1 Å². The minimum Gasteiger partial charge on any atom is -0.341 e. The molecule has 0 unspecified atom stereocenters. The molecule has 0 spiro atoms. The third kappa shape index (κ3) is 5.49. The predicted molar refractivity (Wildman–Crippen MR) is 111 cm³/mol. The maximum absolute atomic E-state index is 12.9. The first-order valence-electron chi connectivity index (χ1n) is 10.2. The molecule has 1 N–H and O–H groups in total. The van der Waals surface area contributed by atoms with Crippen LogP contribution in [0.2, 0.25) is 0 Å². The maximum Gasteiger partial charge on any atom is 0.416 e. The summed E-state index contributed by atoms with van der Waals surface area (Å²) >= 11 is 0. The molecule has 1 atom stereocenters. The second-order valence-electron chi connectivity index (χ2n) is 8.12. The third-order valence-corrected chi connectivity index (χ3v) is 5.71. The van der Waals surface area contributed by atoms with Crippen molar-refractivity contribution >= 4 is 17.6 Å². The zero-order valence-electron chi connectivity index (χ0n) is 17.9. The highest BCUT2D eigenvalue weighted by molar-refractivity contribution is 5.87. The highest BCUT2D eigenvalue weighted by atomic mass is 19.4. The van der Waals surface area contributed by atoms with E-state index >= 15 is 0 Å². The number of hydrogen-bond acceptors (Lipinski definition) is 4. The van der Waals surface area contributed by atoms with Crippen LogP contribution in [-0.4, -0.2) is 72.6 Å². The lowest BCUT2D eigenvalue weighted by Crippen LogP contribution is -2.53. The minimum absolute atomic E-state index is 0.0578. The van der Waals surface area contributed by atoms with Gasteiger partial charge in [-0.2, -0.15) is 13.2 Å². The van der Waals surface area contributed by atoms with Crippen LogP contribution in [0.15, 0.2) is 36.7 Å². The zero-order valence-corrected chi connectivity index (χ0v) is 17.9. The van der Waals surface area contributed by atoms with Crippen molar-refractivity contribution in [3.63, 3.8) is 0 Å². The number of nitrogens with one attached hydrogen (secondary N) is 1. The van der Waals surface area contributed by atoms with Crippen LogP contribution in [0, 0.1) is 0 Å². The van der Waals surface area contributed by atoms with Crippen LogP contribution < -0.4 is 10.2 Å². The number of benzene rings is 1. The standard InChI is InChI=1S/C21H28F3N5O2/c1-15(19(30)27-9-7-17(8-10-27)26(2)3)25-20(31)29-12-11-28(14-29)18-6-4-5-16(13-18)21(22,23)24/h4-6,11-13,15,17H,7-10,14H2,1-3H3,(H,25,31)/t15-/m0/s1. The molecule has 1 fully saturated rings. The number of piperidine rings is 1. The molecule has 1 aromatic rings. The van der Waals surface area contributed by atoms with Gasteiger partial charge in [-0.3, -0.25) is 9.69 Å². The second kappa shape index (κ2) is 9.17. The Morgan fingerprint density at radius 2 is 1.84 bits per heavy atom. The van der Waals surface area contributed by atoms with Crippen LogP contribution in [-0.2, 0) is 11.0 Å². The Balaban J connectivity index is 1.53. The van der Waals surface area contributed by atoms with Crippen molar-refractivity contribution in [2.24, 2.45) is 0 Å². The molecule has 3 rings (SSSR count). The van der Waals surface area contributed by atoms with Crippen molar-refractivity contribution in [2.45, 2.75) is 38.0 Å². The number of urea groups is 1. The molecule has 3 amide bonds. The summed E-state index contributed by atoms with van der Waals surface area (Å²) in [6, 6.07) is 4.19. The Kier molecular flexibility index (Phi) is 6.78. The van der Waals surface area contributed by atoms with Gasteiger partial charge in [0.05, 0.1) is 5.56 Å². The molecular weight excluding hydrogens is 411 g/mol. The third-order valence-electron chi connectivity index (χ3n) is 5.71. The fourth-order valence-corrected chi connectivity index (χ4v) is 3.79. The second-order valence-corrected chi connectivity index (χ2v) is 8.12. The summed E-state index contributed by atoms with van der Waals surface area (Å²) < 4.78 is 38.8. The molecule has 1 aromatic carbocycles. The number of amides is 3. The van der Waals surface area contributed by atoms with Crippen LogP contribution in [0.5, 0.6) is 0 Å². The minimum atomic E-state index is -4.44. The highest BCUT2D eigenvalue weighted by Crippen LogP contribution is 2.32. The van der Waals surface area contributed by atoms with Gasteiger partial charge in [0, 0.05) is 37.2 Å². The molecule has 10 heteroatoms. The van der Waals surface area contributed by atoms with Crippen molar-refractivity contribution < 1.29 is 22.8 Å². The summed E-state index contributed by atoms with van der Waals surface area (Å²) in [5, 5.41) is 2.69. The van der Waals surface area contributed by atoms with Crippen molar-refractivity contribution in [3.05, 3.63) is 42.2 Å². The highest BCUT2D eigenvalue weighted by Gasteiger charge is 2.32. The molecule has 0 bridgehead atoms. The molecule has 2 aliphatic heterocycles. The van der Waals surface area contributed by atoms with E-state index in [0.717, 1.165) is 25.0 Å². The largest absolute Gasteiger partial charge is 0.416 e. The molecule has 31 heavy (non-hydrogen) atoms. The van der Waals surface area contributed by atoms with E-state index in [2.05, 4.69) is 10.2 Å². The monoisotopic (exact) mass is 439 g/mol. The molecule has 2 heterocycles. The van der Waals surface area contributed by atoms with E-state index < -0.39 is 23.8 Å². The summed E-state index contributed by atoms with van der Waals surface area (Å²) in [4.78, 5) is 32.0. The molecule has 0 radical (unpaired) electrons. The van der Waals surface area contributed by atoms with Gasteiger partial charge in [0.2, 0.25) is 5.91 Å². The fourth-order valence-electron chi connectivity index (χ4n) is 3.79. The van der Waals surface area contributed by atoms with Gasteiger partial charge in [-0.05, 0) is 52.1 Å². The maximum atomic E-state index is 12.9. The number of hydrogen-bond donors (Lipinski definition) is 1. The van der Waals surface area contributed by atoms with E-state index in [1.54, 1.807) is 17.9 Å². The van der Waals surface area contributed by atoms with E-state index in [-0.39, 0.29) is 12.6 Å². The number of likely N-dealkylation sites (tertiary alicyclic amines) is 1. The normalized spacial score (nSPS) is 18.6. The van der Waals surface area contributed by atoms with Crippen molar-refractivity contribution in [1.82, 2.24) is 20.0 Å². The number of rotatable bonds is 4. The number of nitrogens with zero attached hydrogens (tertiary/aromatic N) is 4. The summed E-state index contributed by atoms with van der Waals surface area (Å²) in [6.45, 7) is 2.99. The topological polar surface area (TPSA) is 59.1 Å². The molecule has 2 aliphatic rings. The van der Waals surface area contributed by atoms with Gasteiger partial charge >= 0.3 is 12.2 Å². The number of alkyl halides is 3. The number of carbonyl (C=O) groups is 2. The summed E-state index contributed by atoms with van der Waals surface area (Å²) in [5.74, 6) is -0.136. The van der Waals surface area contributed by atoms with Crippen LogP contribution in [0.4, 0.5) is 23.7 Å². The zero-order chi connectivity index (χ0) is 22.8. The average Bonchev–Trinajstić information content (AvgIpc) is 3.23. The molecule has 0 aromatic heterocycles. The molecule has 0 aliphatic carbocycles. The molecule has 170 valence electrons. The smallest absolute Gasteiger partial charge is 0.341 e. The fraction of sp³-hybridized carbons (Fsp3) is 0.524. The summed E-state index contributed by atoms with van der Waals surface area (Å²) in [6.07, 6.45) is 0.358. The molecule has 1 saturated heterocycles. The summed E-state index contributed by atoms with van der Waals surface area (Å²) in [5.41, 5.74) is -0.423. The van der Waals surface area contributed by atoms with E-state index in [0.29, 0.717) is 24.8 Å². The van der Waals surface area contributed by atoms with Crippen molar-refractivity contribution in [2.75, 3.05) is 38.8 Å². The van der Waals surface area contributed by atoms with Crippen molar-refractivity contribution in [3.8, 4) is 0 Å². The molecule has 7 nitrogen and oxygen atoms in total. The van der Waals surface area contributed by atoms with Crippen LogP contribution >= 0.6 is 0 Å². The average molecular weight is 439 g/mol. The van der Waals surface area contributed by atoms with Gasteiger partial charge in [0.15, 0.2) is 0 Å². The van der Waals surface area contributed by atoms with E-state index in [9.17, 15) is 22.8 Å². The first-order valence-corrected chi connectivity index (χ1v) is 10.2. The van der Waals surface area contributed by atoms with Gasteiger partial charge in [-0.15, -0.1) is 0 Å². The lowest BCUT2D eigenvalue weighted by Gasteiger charge is -2.36. The van der Waals surface area contributed by atoms with Crippen LogP contribution in [0.3, 0.4) is 0 Å². The lowest BCUT2D eigenvalue weighted by molar-refractivity contribution is -0.137. The molecule has 0 saturated carbocycles. The predicted octanol–water partition coefficient (Wildman–Crippen LogP) is 2.91. The Labute approximate surface area is 180 Å². The number of halogens is 3. The molecular formula is C21H28F3N5O2. The number of carbonyl (C=O) groups excluding carboxylic acids is 2. The first kappa shape index (κ1) is 22.9. The van der Waals surface area contributed by atoms with Gasteiger partial charge in [-0.1, -0.05) is 6.07 Å². The van der Waals surface area contributed by atoms with Crippen LogP contribution in [0.1, 0.15) is 25.3 Å². The number of anilines is 1. The quantitative estimate of drug-likeness (QED) is 0.784. The van der Waals surface area contributed by atoms with Gasteiger partial charge in [0.25, 0.3) is 0 Å². The Bertz CT molecular complexity index is 835. The Morgan fingerprint density at radius 3 is 2.45 bits per heavy atom. The van der Waals surface area contributed by atoms with Gasteiger partial charge < -0.3 is 20.0 Å². The first-order chi connectivity index (χ1) is 14.6. The van der Waals surface area contributed by atoms with Crippen molar-refractivity contribution in [1.29, 1.82) is 0 Å². The van der Waals surface area contributed by atoms with Gasteiger partial charge in [-0.25, -0.2) is 4.79 Å². The van der Waals surface area contributed by atoms with E-state index in [4.69, 9.17) is 0 Å². The Morgan fingerprint density at radius 1 is 1.16 bits per heavy atom. The van der Waals surface area contributed by atoms with Gasteiger partial charge in [0.1, 0.15) is 12.7 Å². The lowest BCUT2D eigenvalue weighted by atomic mass is 10.0. The summed E-state index contributed by atoms with van der Waals surface area (Å²) in [7, 11) is 4.05. The SMILES string of the molecule is C[C@H](NC(=O)N1C=CN(c2cccc(C(F)(F)F)c2)C1)C(=O)N1CCC(N(C)C)CC1. The van der Waals surface area contributed by atoms with E-state index in [1.165, 1.54) is 28.3 Å². The van der Waals surface area contributed by atoms with Crippen LogP contribution in [0.25, 0.3) is 0 Å².